The Hall–Kier alpha value is -1.99. The number of phenols is 1. The van der Waals surface area contributed by atoms with Crippen molar-refractivity contribution in [2.24, 2.45) is 0 Å². The van der Waals surface area contributed by atoms with E-state index in [1.807, 2.05) is 0 Å². The van der Waals surface area contributed by atoms with E-state index in [4.69, 9.17) is 10.2 Å². The fraction of sp³-hybridized carbons (Fsp3) is 0.286. The van der Waals surface area contributed by atoms with Crippen LogP contribution in [0.4, 0.5) is 13.2 Å². The number of rotatable bonds is 3. The van der Waals surface area contributed by atoms with Gasteiger partial charge in [-0.15, -0.1) is 4.39 Å². The molecule has 2 aromatic rings. The lowest BCUT2D eigenvalue weighted by Gasteiger charge is -2.19. The van der Waals surface area contributed by atoms with E-state index in [0.29, 0.717) is 6.07 Å². The Morgan fingerprint density at radius 3 is 2.24 bits per heavy atom. The molecule has 7 heteroatoms. The van der Waals surface area contributed by atoms with Crippen LogP contribution in [0.5, 0.6) is 11.5 Å². The highest BCUT2D eigenvalue weighted by Crippen LogP contribution is 2.40. The number of ether oxygens (including phenoxy) is 1. The monoisotopic (exact) mass is 302 g/mol. The second-order valence-corrected chi connectivity index (χ2v) is 4.91. The lowest BCUT2D eigenvalue weighted by molar-refractivity contribution is -0.375. The Morgan fingerprint density at radius 2 is 1.71 bits per heavy atom. The standard InChI is InChI=1S/C14H13F3O4/c1-6(2)8-3-7(18)4-9-10(15)5-11(16)13(12(8)9)21-14(17,19)20/h3-6,18-20H,1-2H3. The Kier molecular flexibility index (Phi) is 3.73. The predicted octanol–water partition coefficient (Wildman–Crippen LogP) is 2.89. The largest absolute Gasteiger partial charge is 0.508 e. The molecule has 0 aliphatic carbocycles. The summed E-state index contributed by atoms with van der Waals surface area (Å²) in [5, 5.41) is 26.5. The Morgan fingerprint density at radius 1 is 1.10 bits per heavy atom. The van der Waals surface area contributed by atoms with E-state index in [-0.39, 0.29) is 28.0 Å². The zero-order chi connectivity index (χ0) is 15.9. The van der Waals surface area contributed by atoms with E-state index < -0.39 is 23.6 Å². The molecule has 0 saturated carbocycles. The fourth-order valence-corrected chi connectivity index (χ4v) is 2.15. The van der Waals surface area contributed by atoms with Gasteiger partial charge < -0.3 is 20.1 Å². The van der Waals surface area contributed by atoms with Crippen LogP contribution in [0.1, 0.15) is 25.3 Å². The van der Waals surface area contributed by atoms with E-state index in [1.165, 1.54) is 6.07 Å². The van der Waals surface area contributed by atoms with Crippen LogP contribution in [0.25, 0.3) is 10.8 Å². The summed E-state index contributed by atoms with van der Waals surface area (Å²) < 4.78 is 44.7. The summed E-state index contributed by atoms with van der Waals surface area (Å²) in [5.74, 6) is -3.69. The van der Waals surface area contributed by atoms with E-state index in [9.17, 15) is 18.3 Å². The summed E-state index contributed by atoms with van der Waals surface area (Å²) in [6.07, 6.45) is -4.11. The molecule has 2 aromatic carbocycles. The van der Waals surface area contributed by atoms with Gasteiger partial charge in [0, 0.05) is 16.8 Å². The van der Waals surface area contributed by atoms with Gasteiger partial charge in [0.05, 0.1) is 0 Å². The highest BCUT2D eigenvalue weighted by atomic mass is 19.2. The number of phenolic OH excluding ortho intramolecular Hbond substituents is 1. The maximum absolute atomic E-state index is 13.9. The van der Waals surface area contributed by atoms with Crippen LogP contribution in [0.3, 0.4) is 0 Å². The molecule has 0 unspecified atom stereocenters. The lowest BCUT2D eigenvalue weighted by atomic mass is 9.94. The maximum Gasteiger partial charge on any atom is 0.492 e. The maximum atomic E-state index is 13.9. The van der Waals surface area contributed by atoms with Gasteiger partial charge in [0.25, 0.3) is 0 Å². The minimum absolute atomic E-state index is 0.176. The summed E-state index contributed by atoms with van der Waals surface area (Å²) in [4.78, 5) is 0. The molecular formula is C14H13F3O4. The first-order valence-corrected chi connectivity index (χ1v) is 6.07. The van der Waals surface area contributed by atoms with Crippen LogP contribution in [-0.4, -0.2) is 21.5 Å². The average molecular weight is 302 g/mol. The number of hydrogen-bond donors (Lipinski definition) is 3. The SMILES string of the molecule is CC(C)c1cc(O)cc2c(F)cc(F)c(OC(O)(O)F)c12. The molecule has 3 N–H and O–H groups in total. The summed E-state index contributed by atoms with van der Waals surface area (Å²) in [5.41, 5.74) is 0.266. The molecule has 0 atom stereocenters. The molecule has 0 radical (unpaired) electrons. The van der Waals surface area contributed by atoms with Gasteiger partial charge in [0.15, 0.2) is 11.6 Å². The van der Waals surface area contributed by atoms with Crippen molar-refractivity contribution in [3.05, 3.63) is 35.4 Å². The van der Waals surface area contributed by atoms with Gasteiger partial charge in [-0.1, -0.05) is 13.8 Å². The van der Waals surface area contributed by atoms with Gasteiger partial charge in [-0.2, -0.15) is 0 Å². The van der Waals surface area contributed by atoms with Crippen LogP contribution in [0.2, 0.25) is 0 Å². The van der Waals surface area contributed by atoms with Crippen molar-refractivity contribution in [2.75, 3.05) is 0 Å². The molecule has 0 aromatic heterocycles. The number of hydrogen-bond acceptors (Lipinski definition) is 4. The smallest absolute Gasteiger partial charge is 0.492 e. The predicted molar refractivity (Wildman–Crippen MR) is 68.5 cm³/mol. The summed E-state index contributed by atoms with van der Waals surface area (Å²) in [6, 6.07) is 2.66. The second-order valence-electron chi connectivity index (χ2n) is 4.91. The zero-order valence-electron chi connectivity index (χ0n) is 11.2. The molecule has 0 aliphatic rings. The molecule has 2 rings (SSSR count). The molecule has 0 fully saturated rings. The van der Waals surface area contributed by atoms with Crippen molar-refractivity contribution in [2.45, 2.75) is 26.0 Å². The Labute approximate surface area is 118 Å². The van der Waals surface area contributed by atoms with E-state index in [0.717, 1.165) is 6.07 Å². The molecule has 4 nitrogen and oxygen atoms in total. The van der Waals surface area contributed by atoms with Crippen LogP contribution in [0, 0.1) is 11.6 Å². The van der Waals surface area contributed by atoms with Gasteiger partial charge >= 0.3 is 6.23 Å². The van der Waals surface area contributed by atoms with Crippen molar-refractivity contribution < 1.29 is 33.2 Å². The van der Waals surface area contributed by atoms with Gasteiger partial charge in [-0.3, -0.25) is 0 Å². The summed E-state index contributed by atoms with van der Waals surface area (Å²) >= 11 is 0. The summed E-state index contributed by atoms with van der Waals surface area (Å²) in [6.45, 7) is 3.36. The molecule has 114 valence electrons. The molecule has 0 saturated heterocycles. The molecule has 0 aliphatic heterocycles. The zero-order valence-corrected chi connectivity index (χ0v) is 11.2. The Balaban J connectivity index is 2.90. The van der Waals surface area contributed by atoms with Crippen molar-refractivity contribution in [3.8, 4) is 11.5 Å². The van der Waals surface area contributed by atoms with Gasteiger partial charge in [-0.25, -0.2) is 8.78 Å². The molecular weight excluding hydrogens is 289 g/mol. The van der Waals surface area contributed by atoms with Gasteiger partial charge in [0.2, 0.25) is 0 Å². The number of aromatic hydroxyl groups is 1. The van der Waals surface area contributed by atoms with Crippen LogP contribution >= 0.6 is 0 Å². The highest BCUT2D eigenvalue weighted by molar-refractivity contribution is 5.93. The molecule has 0 amide bonds. The topological polar surface area (TPSA) is 69.9 Å². The molecule has 21 heavy (non-hydrogen) atoms. The van der Waals surface area contributed by atoms with Crippen LogP contribution < -0.4 is 4.74 Å². The third-order valence-corrected chi connectivity index (χ3v) is 2.96. The normalized spacial score (nSPS) is 12.2. The number of halogens is 3. The van der Waals surface area contributed by atoms with Crippen molar-refractivity contribution in [1.29, 1.82) is 0 Å². The first-order valence-electron chi connectivity index (χ1n) is 6.07. The minimum Gasteiger partial charge on any atom is -0.508 e. The number of fused-ring (bicyclic) bond motifs is 1. The van der Waals surface area contributed by atoms with Crippen molar-refractivity contribution in [3.63, 3.8) is 0 Å². The summed E-state index contributed by atoms with van der Waals surface area (Å²) in [7, 11) is 0. The van der Waals surface area contributed by atoms with Crippen molar-refractivity contribution >= 4 is 10.8 Å². The van der Waals surface area contributed by atoms with Gasteiger partial charge in [0.1, 0.15) is 11.6 Å². The average Bonchev–Trinajstić information content (AvgIpc) is 2.32. The second kappa shape index (κ2) is 5.09. The van der Waals surface area contributed by atoms with Gasteiger partial charge in [-0.05, 0) is 23.6 Å². The Bertz CT molecular complexity index is 693. The first-order chi connectivity index (χ1) is 9.60. The van der Waals surface area contributed by atoms with E-state index >= 15 is 0 Å². The first kappa shape index (κ1) is 15.4. The fourth-order valence-electron chi connectivity index (χ4n) is 2.15. The number of alkyl halides is 1. The molecule has 0 bridgehead atoms. The lowest BCUT2D eigenvalue weighted by Crippen LogP contribution is -2.29. The van der Waals surface area contributed by atoms with E-state index in [1.54, 1.807) is 13.8 Å². The highest BCUT2D eigenvalue weighted by Gasteiger charge is 2.29. The van der Waals surface area contributed by atoms with E-state index in [2.05, 4.69) is 4.74 Å². The number of aliphatic hydroxyl groups is 2. The molecule has 0 heterocycles. The quantitative estimate of drug-likeness (QED) is 0.763. The third-order valence-electron chi connectivity index (χ3n) is 2.96. The third kappa shape index (κ3) is 3.03. The number of benzene rings is 2. The van der Waals surface area contributed by atoms with Crippen LogP contribution in [-0.2, 0) is 0 Å². The van der Waals surface area contributed by atoms with Crippen LogP contribution in [0.15, 0.2) is 18.2 Å². The molecule has 0 spiro atoms. The van der Waals surface area contributed by atoms with Crippen molar-refractivity contribution in [1.82, 2.24) is 0 Å². The minimum atomic E-state index is -4.11.